The van der Waals surface area contributed by atoms with Crippen LogP contribution in [0.3, 0.4) is 0 Å². The maximum absolute atomic E-state index is 11.8. The summed E-state index contributed by atoms with van der Waals surface area (Å²) in [5.41, 5.74) is -0.948. The third kappa shape index (κ3) is 2.68. The Morgan fingerprint density at radius 1 is 1.65 bits per heavy atom. The van der Waals surface area contributed by atoms with Gasteiger partial charge < -0.3 is 10.1 Å². The van der Waals surface area contributed by atoms with E-state index in [0.29, 0.717) is 6.54 Å². The lowest BCUT2D eigenvalue weighted by Crippen LogP contribution is -2.53. The fraction of sp³-hybridized carbons (Fsp3) is 0.455. The predicted octanol–water partition coefficient (Wildman–Crippen LogP) is 1.71. The van der Waals surface area contributed by atoms with Gasteiger partial charge >= 0.3 is 0 Å². The number of rotatable bonds is 4. The Labute approximate surface area is 112 Å². The molecule has 0 atom stereocenters. The van der Waals surface area contributed by atoms with Crippen LogP contribution in [-0.4, -0.2) is 25.7 Å². The first-order valence-corrected chi connectivity index (χ1v) is 6.79. The van der Waals surface area contributed by atoms with Crippen molar-refractivity contribution in [2.75, 3.05) is 19.8 Å². The Bertz CT molecular complexity index is 462. The number of thiophene rings is 1. The molecule has 1 aliphatic heterocycles. The monoisotopic (exact) mass is 314 g/mol. The fourth-order valence-electron chi connectivity index (χ4n) is 1.51. The summed E-state index contributed by atoms with van der Waals surface area (Å²) >= 11 is 5.04. The molecule has 2 rings (SSSR count). The molecular formula is C11H11BrN2O2S. The highest BCUT2D eigenvalue weighted by molar-refractivity contribution is 9.11. The van der Waals surface area contributed by atoms with E-state index in [9.17, 15) is 4.79 Å². The molecule has 90 valence electrons. The van der Waals surface area contributed by atoms with Gasteiger partial charge in [-0.3, -0.25) is 4.79 Å². The number of hydrogen-bond donors (Lipinski definition) is 1. The van der Waals surface area contributed by atoms with Gasteiger partial charge in [0.15, 0.2) is 5.41 Å². The van der Waals surface area contributed by atoms with Crippen molar-refractivity contribution < 1.29 is 9.53 Å². The second-order valence-corrected chi connectivity index (χ2v) is 6.45. The van der Waals surface area contributed by atoms with E-state index in [0.717, 1.165) is 10.2 Å². The summed E-state index contributed by atoms with van der Waals surface area (Å²) in [6.07, 6.45) is 0.782. The third-order valence-electron chi connectivity index (χ3n) is 2.63. The molecule has 0 bridgehead atoms. The quantitative estimate of drug-likeness (QED) is 0.920. The van der Waals surface area contributed by atoms with Crippen LogP contribution in [0.1, 0.15) is 4.88 Å². The molecule has 0 unspecified atom stereocenters. The highest BCUT2D eigenvalue weighted by Crippen LogP contribution is 2.26. The number of amides is 1. The van der Waals surface area contributed by atoms with Gasteiger partial charge in [-0.1, -0.05) is 0 Å². The zero-order chi connectivity index (χ0) is 12.3. The van der Waals surface area contributed by atoms with Crippen LogP contribution in [0.5, 0.6) is 0 Å². The van der Waals surface area contributed by atoms with Gasteiger partial charge in [-0.25, -0.2) is 0 Å². The van der Waals surface area contributed by atoms with Crippen molar-refractivity contribution in [1.82, 2.24) is 5.32 Å². The number of carbonyl (C=O) groups excluding carboxylic acids is 1. The number of carbonyl (C=O) groups is 1. The SMILES string of the molecule is N#CC1(C(=O)NCCc2ccc(Br)s2)COC1. The average molecular weight is 315 g/mol. The summed E-state index contributed by atoms with van der Waals surface area (Å²) in [5.74, 6) is -0.220. The number of nitriles is 1. The molecule has 1 saturated heterocycles. The first-order chi connectivity index (χ1) is 8.16. The molecule has 0 radical (unpaired) electrons. The molecule has 0 aliphatic carbocycles. The fourth-order valence-corrected chi connectivity index (χ4v) is 2.99. The van der Waals surface area contributed by atoms with E-state index in [1.807, 2.05) is 18.2 Å². The van der Waals surface area contributed by atoms with E-state index in [-0.39, 0.29) is 19.1 Å². The summed E-state index contributed by atoms with van der Waals surface area (Å²) in [6, 6.07) is 6.03. The van der Waals surface area contributed by atoms with Crippen LogP contribution in [0.4, 0.5) is 0 Å². The third-order valence-corrected chi connectivity index (χ3v) is 4.31. The van der Waals surface area contributed by atoms with E-state index >= 15 is 0 Å². The average Bonchev–Trinajstić information content (AvgIpc) is 2.63. The smallest absolute Gasteiger partial charge is 0.245 e. The summed E-state index contributed by atoms with van der Waals surface area (Å²) in [4.78, 5) is 13.0. The van der Waals surface area contributed by atoms with Gasteiger partial charge in [0, 0.05) is 11.4 Å². The lowest BCUT2D eigenvalue weighted by atomic mass is 9.87. The van der Waals surface area contributed by atoms with E-state index in [4.69, 9.17) is 10.00 Å². The van der Waals surface area contributed by atoms with Gasteiger partial charge in [0.05, 0.1) is 23.1 Å². The number of ether oxygens (including phenoxy) is 1. The minimum Gasteiger partial charge on any atom is -0.377 e. The minimum absolute atomic E-state index is 0.208. The van der Waals surface area contributed by atoms with Crippen LogP contribution in [0.15, 0.2) is 15.9 Å². The van der Waals surface area contributed by atoms with E-state index in [2.05, 4.69) is 21.2 Å². The van der Waals surface area contributed by atoms with Crippen LogP contribution in [0.25, 0.3) is 0 Å². The summed E-state index contributed by atoms with van der Waals surface area (Å²) in [5, 5.41) is 11.7. The van der Waals surface area contributed by atoms with Crippen molar-refractivity contribution in [2.24, 2.45) is 5.41 Å². The summed E-state index contributed by atoms with van der Waals surface area (Å²) in [7, 11) is 0. The number of hydrogen-bond acceptors (Lipinski definition) is 4. The number of nitrogens with zero attached hydrogens (tertiary/aromatic N) is 1. The van der Waals surface area contributed by atoms with Crippen molar-refractivity contribution in [1.29, 1.82) is 5.26 Å². The van der Waals surface area contributed by atoms with E-state index < -0.39 is 5.41 Å². The Morgan fingerprint density at radius 2 is 2.41 bits per heavy atom. The second kappa shape index (κ2) is 5.17. The number of halogens is 1. The molecule has 1 N–H and O–H groups in total. The Morgan fingerprint density at radius 3 is 2.88 bits per heavy atom. The van der Waals surface area contributed by atoms with Crippen molar-refractivity contribution in [3.63, 3.8) is 0 Å². The van der Waals surface area contributed by atoms with Crippen LogP contribution < -0.4 is 5.32 Å². The minimum atomic E-state index is -0.948. The van der Waals surface area contributed by atoms with Crippen molar-refractivity contribution in [2.45, 2.75) is 6.42 Å². The highest BCUT2D eigenvalue weighted by Gasteiger charge is 2.46. The van der Waals surface area contributed by atoms with E-state index in [1.54, 1.807) is 11.3 Å². The highest BCUT2D eigenvalue weighted by atomic mass is 79.9. The molecule has 1 aromatic heterocycles. The van der Waals surface area contributed by atoms with E-state index in [1.165, 1.54) is 4.88 Å². The summed E-state index contributed by atoms with van der Waals surface area (Å²) < 4.78 is 6.01. The first-order valence-electron chi connectivity index (χ1n) is 5.18. The lowest BCUT2D eigenvalue weighted by Gasteiger charge is -2.33. The molecule has 1 fully saturated rings. The largest absolute Gasteiger partial charge is 0.377 e. The summed E-state index contributed by atoms with van der Waals surface area (Å²) in [6.45, 7) is 0.967. The van der Waals surface area contributed by atoms with Gasteiger partial charge in [-0.2, -0.15) is 5.26 Å². The Kier molecular flexibility index (Phi) is 3.82. The van der Waals surface area contributed by atoms with Gasteiger partial charge in [0.25, 0.3) is 0 Å². The maximum Gasteiger partial charge on any atom is 0.245 e. The molecule has 17 heavy (non-hydrogen) atoms. The van der Waals surface area contributed by atoms with Crippen LogP contribution in [-0.2, 0) is 16.0 Å². The van der Waals surface area contributed by atoms with Crippen LogP contribution in [0.2, 0.25) is 0 Å². The molecule has 6 heteroatoms. The molecule has 4 nitrogen and oxygen atoms in total. The normalized spacial score (nSPS) is 16.9. The topological polar surface area (TPSA) is 62.1 Å². The predicted molar refractivity (Wildman–Crippen MR) is 67.6 cm³/mol. The van der Waals surface area contributed by atoms with Crippen molar-refractivity contribution in [3.8, 4) is 6.07 Å². The molecule has 0 aromatic carbocycles. The Balaban J connectivity index is 1.79. The standard InChI is InChI=1S/C11H11BrN2O2S/c12-9-2-1-8(17-9)3-4-14-10(15)11(5-13)6-16-7-11/h1-2H,3-4,6-7H2,(H,14,15). The molecule has 0 saturated carbocycles. The molecule has 2 heterocycles. The molecule has 0 spiro atoms. The van der Waals surface area contributed by atoms with Crippen LogP contribution >= 0.6 is 27.3 Å². The lowest BCUT2D eigenvalue weighted by molar-refractivity contribution is -0.149. The molecular weight excluding hydrogens is 304 g/mol. The van der Waals surface area contributed by atoms with Crippen molar-refractivity contribution in [3.05, 3.63) is 20.8 Å². The maximum atomic E-state index is 11.8. The second-order valence-electron chi connectivity index (χ2n) is 3.90. The molecule has 1 amide bonds. The van der Waals surface area contributed by atoms with Gasteiger partial charge in [0.1, 0.15) is 0 Å². The van der Waals surface area contributed by atoms with Gasteiger partial charge in [0.2, 0.25) is 5.91 Å². The molecule has 1 aliphatic rings. The Hall–Kier alpha value is -0.900. The van der Waals surface area contributed by atoms with Gasteiger partial charge in [-0.15, -0.1) is 11.3 Å². The van der Waals surface area contributed by atoms with Crippen LogP contribution in [0, 0.1) is 16.7 Å². The molecule has 1 aromatic rings. The number of nitrogens with one attached hydrogen (secondary N) is 1. The van der Waals surface area contributed by atoms with Gasteiger partial charge in [-0.05, 0) is 34.5 Å². The van der Waals surface area contributed by atoms with Crippen molar-refractivity contribution >= 4 is 33.2 Å². The zero-order valence-electron chi connectivity index (χ0n) is 9.03. The zero-order valence-corrected chi connectivity index (χ0v) is 11.4. The first kappa shape index (κ1) is 12.6.